The first kappa shape index (κ1) is 23.8. The van der Waals surface area contributed by atoms with Crippen molar-refractivity contribution in [2.24, 2.45) is 0 Å². The number of methoxy groups -OCH3 is 1. The number of benzene rings is 3. The number of carbonyl (C=O) groups excluding carboxylic acids is 1. The minimum atomic E-state index is -0.181. The molecule has 3 aromatic carbocycles. The molecule has 1 N–H and O–H groups in total. The molecule has 0 radical (unpaired) electrons. The number of nitrogens with zero attached hydrogens (tertiary/aromatic N) is 4. The van der Waals surface area contributed by atoms with Gasteiger partial charge in [0.1, 0.15) is 16.5 Å². The molecule has 0 aliphatic heterocycles. The van der Waals surface area contributed by atoms with Gasteiger partial charge >= 0.3 is 0 Å². The molecule has 9 heteroatoms. The predicted molar refractivity (Wildman–Crippen MR) is 143 cm³/mol. The maximum Gasteiger partial charge on any atom is 0.271 e. The lowest BCUT2D eigenvalue weighted by atomic mass is 10.2. The fraction of sp³-hybridized carbons (Fsp3) is 0.111. The third-order valence-corrected chi connectivity index (χ3v) is 7.35. The van der Waals surface area contributed by atoms with Crippen LogP contribution in [0.5, 0.6) is 5.75 Å². The molecule has 0 atom stereocenters. The summed E-state index contributed by atoms with van der Waals surface area (Å²) in [6, 6.07) is 27.6. The molecule has 0 spiro atoms. The molecule has 5 aromatic rings. The number of hydrogen-bond donors (Lipinski definition) is 1. The van der Waals surface area contributed by atoms with Gasteiger partial charge in [-0.05, 0) is 29.8 Å². The first-order chi connectivity index (χ1) is 17.7. The number of para-hydroxylation sites is 1. The first-order valence-electron chi connectivity index (χ1n) is 11.3. The number of nitrogens with one attached hydrogen (secondary N) is 1. The van der Waals surface area contributed by atoms with E-state index in [1.807, 2.05) is 89.5 Å². The van der Waals surface area contributed by atoms with E-state index in [-0.39, 0.29) is 5.91 Å². The lowest BCUT2D eigenvalue weighted by Crippen LogP contribution is -2.23. The number of amides is 1. The van der Waals surface area contributed by atoms with Gasteiger partial charge in [0, 0.05) is 23.2 Å². The molecule has 0 fully saturated rings. The normalized spacial score (nSPS) is 10.8. The monoisotopic (exact) mass is 513 g/mol. The molecule has 0 aliphatic carbocycles. The summed E-state index contributed by atoms with van der Waals surface area (Å²) in [7, 11) is 1.65. The van der Waals surface area contributed by atoms with E-state index in [4.69, 9.17) is 4.74 Å². The van der Waals surface area contributed by atoms with Gasteiger partial charge in [0.05, 0.1) is 12.9 Å². The van der Waals surface area contributed by atoms with Crippen molar-refractivity contribution in [2.45, 2.75) is 17.5 Å². The van der Waals surface area contributed by atoms with E-state index in [1.54, 1.807) is 12.5 Å². The summed E-state index contributed by atoms with van der Waals surface area (Å²) in [6.07, 6.45) is 0. The fourth-order valence-corrected chi connectivity index (χ4v) is 5.34. The number of thiazole rings is 1. The summed E-state index contributed by atoms with van der Waals surface area (Å²) in [5, 5.41) is 15.3. The Kier molecular flexibility index (Phi) is 7.39. The minimum absolute atomic E-state index is 0.181. The highest BCUT2D eigenvalue weighted by atomic mass is 32.2. The van der Waals surface area contributed by atoms with Crippen LogP contribution in [-0.2, 0) is 12.3 Å². The Balaban J connectivity index is 1.33. The zero-order valence-electron chi connectivity index (χ0n) is 19.5. The molecular formula is C27H23N5O2S2. The Morgan fingerprint density at radius 3 is 2.56 bits per heavy atom. The van der Waals surface area contributed by atoms with E-state index < -0.39 is 0 Å². The zero-order valence-corrected chi connectivity index (χ0v) is 21.1. The van der Waals surface area contributed by atoms with E-state index in [0.717, 1.165) is 38.6 Å². The largest absolute Gasteiger partial charge is 0.497 e. The highest BCUT2D eigenvalue weighted by molar-refractivity contribution is 7.98. The van der Waals surface area contributed by atoms with Gasteiger partial charge in [0.15, 0.2) is 11.0 Å². The van der Waals surface area contributed by atoms with Crippen molar-refractivity contribution < 1.29 is 9.53 Å². The molecule has 0 unspecified atom stereocenters. The molecule has 36 heavy (non-hydrogen) atoms. The zero-order chi connectivity index (χ0) is 24.7. The number of rotatable bonds is 9. The van der Waals surface area contributed by atoms with Crippen LogP contribution in [0.3, 0.4) is 0 Å². The average Bonchev–Trinajstić information content (AvgIpc) is 3.59. The van der Waals surface area contributed by atoms with Crippen LogP contribution in [-0.4, -0.2) is 32.8 Å². The number of aromatic nitrogens is 4. The Morgan fingerprint density at radius 2 is 1.78 bits per heavy atom. The molecule has 5 rings (SSSR count). The van der Waals surface area contributed by atoms with Crippen LogP contribution in [0.4, 0.5) is 0 Å². The summed E-state index contributed by atoms with van der Waals surface area (Å²) in [4.78, 5) is 17.1. The molecule has 0 bridgehead atoms. The van der Waals surface area contributed by atoms with Gasteiger partial charge in [-0.15, -0.1) is 21.5 Å². The first-order valence-corrected chi connectivity index (χ1v) is 13.1. The molecule has 0 saturated carbocycles. The third-order valence-electron chi connectivity index (χ3n) is 5.38. The van der Waals surface area contributed by atoms with Crippen molar-refractivity contribution in [1.29, 1.82) is 0 Å². The van der Waals surface area contributed by atoms with Crippen LogP contribution >= 0.6 is 23.1 Å². The van der Waals surface area contributed by atoms with E-state index in [9.17, 15) is 4.79 Å². The molecule has 180 valence electrons. The Hall–Kier alpha value is -3.95. The summed E-state index contributed by atoms with van der Waals surface area (Å²) in [6.45, 7) is 0.467. The SMILES string of the molecule is COc1cccc(-c2nnc(SCc3nc(C(=O)NCc4ccccc4)cs3)n2-c2ccccc2)c1. The van der Waals surface area contributed by atoms with Crippen LogP contribution in [0.1, 0.15) is 21.1 Å². The minimum Gasteiger partial charge on any atom is -0.497 e. The van der Waals surface area contributed by atoms with Gasteiger partial charge in [-0.25, -0.2) is 4.98 Å². The van der Waals surface area contributed by atoms with E-state index >= 15 is 0 Å². The average molecular weight is 514 g/mol. The van der Waals surface area contributed by atoms with Gasteiger partial charge in [-0.1, -0.05) is 72.4 Å². The maximum absolute atomic E-state index is 12.5. The van der Waals surface area contributed by atoms with E-state index in [0.29, 0.717) is 18.0 Å². The fourth-order valence-electron chi connectivity index (χ4n) is 3.60. The third kappa shape index (κ3) is 5.48. The predicted octanol–water partition coefficient (Wildman–Crippen LogP) is 5.62. The quantitative estimate of drug-likeness (QED) is 0.258. The van der Waals surface area contributed by atoms with Crippen LogP contribution < -0.4 is 10.1 Å². The second-order valence-electron chi connectivity index (χ2n) is 7.79. The van der Waals surface area contributed by atoms with E-state index in [2.05, 4.69) is 20.5 Å². The number of hydrogen-bond acceptors (Lipinski definition) is 7. The summed E-state index contributed by atoms with van der Waals surface area (Å²) < 4.78 is 7.42. The number of ether oxygens (including phenoxy) is 1. The van der Waals surface area contributed by atoms with Crippen molar-refractivity contribution in [2.75, 3.05) is 7.11 Å². The number of thioether (sulfide) groups is 1. The molecule has 1 amide bonds. The summed E-state index contributed by atoms with van der Waals surface area (Å²) in [5.74, 6) is 1.87. The highest BCUT2D eigenvalue weighted by Crippen LogP contribution is 2.31. The van der Waals surface area contributed by atoms with Crippen LogP contribution in [0.15, 0.2) is 95.5 Å². The maximum atomic E-state index is 12.5. The van der Waals surface area contributed by atoms with Gasteiger partial charge in [0.2, 0.25) is 0 Å². The Labute approximate surface area is 217 Å². The smallest absolute Gasteiger partial charge is 0.271 e. The van der Waals surface area contributed by atoms with Crippen molar-refractivity contribution in [3.8, 4) is 22.8 Å². The Bertz CT molecular complexity index is 1450. The second-order valence-corrected chi connectivity index (χ2v) is 9.68. The van der Waals surface area contributed by atoms with E-state index in [1.165, 1.54) is 23.1 Å². The molecule has 2 aromatic heterocycles. The standard InChI is InChI=1S/C27H23N5O2S2/c1-34-22-14-8-11-20(15-22)25-30-31-27(32(25)21-12-6-3-7-13-21)36-18-24-29-23(17-35-24)26(33)28-16-19-9-4-2-5-10-19/h2-15,17H,16,18H2,1H3,(H,28,33). The van der Waals surface area contributed by atoms with Crippen LogP contribution in [0, 0.1) is 0 Å². The van der Waals surface area contributed by atoms with Crippen LogP contribution in [0.25, 0.3) is 17.1 Å². The van der Waals surface area contributed by atoms with Crippen LogP contribution in [0.2, 0.25) is 0 Å². The lowest BCUT2D eigenvalue weighted by molar-refractivity contribution is 0.0946. The topological polar surface area (TPSA) is 81.9 Å². The summed E-state index contributed by atoms with van der Waals surface area (Å²) in [5.41, 5.74) is 3.34. The molecule has 0 saturated heterocycles. The van der Waals surface area contributed by atoms with Crippen molar-refractivity contribution in [1.82, 2.24) is 25.1 Å². The van der Waals surface area contributed by atoms with Crippen molar-refractivity contribution in [3.63, 3.8) is 0 Å². The second kappa shape index (κ2) is 11.2. The van der Waals surface area contributed by atoms with Gasteiger partial charge in [-0.2, -0.15) is 0 Å². The Morgan fingerprint density at radius 1 is 1.00 bits per heavy atom. The molecule has 0 aliphatic rings. The summed E-state index contributed by atoms with van der Waals surface area (Å²) >= 11 is 2.99. The van der Waals surface area contributed by atoms with Crippen molar-refractivity contribution >= 4 is 29.0 Å². The number of carbonyl (C=O) groups is 1. The molecule has 7 nitrogen and oxygen atoms in total. The molecule has 2 heterocycles. The lowest BCUT2D eigenvalue weighted by Gasteiger charge is -2.10. The highest BCUT2D eigenvalue weighted by Gasteiger charge is 2.18. The van der Waals surface area contributed by atoms with Gasteiger partial charge in [-0.3, -0.25) is 9.36 Å². The van der Waals surface area contributed by atoms with Gasteiger partial charge in [0.25, 0.3) is 5.91 Å². The molecular weight excluding hydrogens is 490 g/mol. The van der Waals surface area contributed by atoms with Gasteiger partial charge < -0.3 is 10.1 Å². The van der Waals surface area contributed by atoms with Crippen molar-refractivity contribution in [3.05, 3.63) is 107 Å².